The minimum Gasteiger partial charge on any atom is -0.481 e. The number of nitro groups is 1. The number of aliphatic carboxylic acids is 1. The third-order valence-electron chi connectivity index (χ3n) is 2.91. The summed E-state index contributed by atoms with van der Waals surface area (Å²) in [7, 11) is 0. The summed E-state index contributed by atoms with van der Waals surface area (Å²) in [6.07, 6.45) is 1.19. The highest BCUT2D eigenvalue weighted by molar-refractivity contribution is 5.79. The second-order valence-corrected chi connectivity index (χ2v) is 4.75. The van der Waals surface area contributed by atoms with Gasteiger partial charge in [0.15, 0.2) is 0 Å². The van der Waals surface area contributed by atoms with E-state index in [0.29, 0.717) is 12.0 Å². The molecule has 0 fully saturated rings. The fourth-order valence-corrected chi connectivity index (χ4v) is 2.03. The smallest absolute Gasteiger partial charge is 0.305 e. The molecule has 0 aliphatic heterocycles. The summed E-state index contributed by atoms with van der Waals surface area (Å²) in [5.41, 5.74) is 0.447. The standard InChI is InChI=1S/C14H18N2O5/c1-2-4-11(9-14(18)19)15-13(17)8-10-5-3-6-12(7-10)16(20)21/h3,5-7,11H,2,4,8-9H2,1H3,(H,15,17)(H,18,19). The lowest BCUT2D eigenvalue weighted by Gasteiger charge is -2.16. The average molecular weight is 294 g/mol. The molecule has 0 radical (unpaired) electrons. The van der Waals surface area contributed by atoms with Gasteiger partial charge in [-0.3, -0.25) is 19.7 Å². The summed E-state index contributed by atoms with van der Waals surface area (Å²) in [6.45, 7) is 1.90. The van der Waals surface area contributed by atoms with E-state index in [1.807, 2.05) is 6.92 Å². The summed E-state index contributed by atoms with van der Waals surface area (Å²) in [5, 5.41) is 22.1. The molecule has 0 saturated carbocycles. The molecule has 0 bridgehead atoms. The Kier molecular flexibility index (Phi) is 6.32. The van der Waals surface area contributed by atoms with Crippen LogP contribution in [0.4, 0.5) is 5.69 Å². The highest BCUT2D eigenvalue weighted by Gasteiger charge is 2.16. The van der Waals surface area contributed by atoms with Gasteiger partial charge >= 0.3 is 5.97 Å². The van der Waals surface area contributed by atoms with Crippen LogP contribution in [0.25, 0.3) is 0 Å². The molecular weight excluding hydrogens is 276 g/mol. The van der Waals surface area contributed by atoms with Crippen LogP contribution in [0.5, 0.6) is 0 Å². The van der Waals surface area contributed by atoms with Gasteiger partial charge < -0.3 is 10.4 Å². The van der Waals surface area contributed by atoms with E-state index >= 15 is 0 Å². The van der Waals surface area contributed by atoms with Crippen LogP contribution < -0.4 is 5.32 Å². The van der Waals surface area contributed by atoms with Gasteiger partial charge in [0.2, 0.25) is 5.91 Å². The number of carbonyl (C=O) groups is 2. The van der Waals surface area contributed by atoms with Gasteiger partial charge in [-0.05, 0) is 12.0 Å². The molecule has 7 heteroatoms. The maximum Gasteiger partial charge on any atom is 0.305 e. The first-order chi connectivity index (χ1) is 9.92. The normalized spacial score (nSPS) is 11.7. The van der Waals surface area contributed by atoms with Crippen LogP contribution in [0.3, 0.4) is 0 Å². The fourth-order valence-electron chi connectivity index (χ4n) is 2.03. The molecule has 1 atom stereocenters. The quantitative estimate of drug-likeness (QED) is 0.562. The zero-order valence-corrected chi connectivity index (χ0v) is 11.7. The minimum absolute atomic E-state index is 0.0124. The number of rotatable bonds is 8. The largest absolute Gasteiger partial charge is 0.481 e. The SMILES string of the molecule is CCCC(CC(=O)O)NC(=O)Cc1cccc([N+](=O)[O-])c1. The average Bonchev–Trinajstić information content (AvgIpc) is 2.38. The van der Waals surface area contributed by atoms with Crippen molar-refractivity contribution in [3.05, 3.63) is 39.9 Å². The van der Waals surface area contributed by atoms with Crippen molar-refractivity contribution in [1.29, 1.82) is 0 Å². The van der Waals surface area contributed by atoms with Crippen molar-refractivity contribution in [3.8, 4) is 0 Å². The Labute approximate surface area is 122 Å². The summed E-state index contributed by atoms with van der Waals surface area (Å²) in [5.74, 6) is -1.31. The number of hydrogen-bond acceptors (Lipinski definition) is 4. The second-order valence-electron chi connectivity index (χ2n) is 4.75. The molecule has 0 aromatic heterocycles. The molecule has 0 aliphatic rings. The molecule has 1 rings (SSSR count). The molecule has 0 aliphatic carbocycles. The number of non-ortho nitro benzene ring substituents is 1. The molecule has 0 heterocycles. The van der Waals surface area contributed by atoms with Gasteiger partial charge in [0.25, 0.3) is 5.69 Å². The monoisotopic (exact) mass is 294 g/mol. The number of hydrogen-bond donors (Lipinski definition) is 2. The van der Waals surface area contributed by atoms with Crippen molar-refractivity contribution in [2.75, 3.05) is 0 Å². The molecule has 1 aromatic rings. The van der Waals surface area contributed by atoms with Crippen LogP contribution in [0.15, 0.2) is 24.3 Å². The molecule has 2 N–H and O–H groups in total. The van der Waals surface area contributed by atoms with E-state index in [0.717, 1.165) is 6.42 Å². The highest BCUT2D eigenvalue weighted by Crippen LogP contribution is 2.13. The maximum atomic E-state index is 11.9. The van der Waals surface area contributed by atoms with Gasteiger partial charge in [-0.2, -0.15) is 0 Å². The third kappa shape index (κ3) is 6.03. The van der Waals surface area contributed by atoms with Crippen molar-refractivity contribution >= 4 is 17.6 Å². The van der Waals surface area contributed by atoms with E-state index in [1.54, 1.807) is 6.07 Å². The highest BCUT2D eigenvalue weighted by atomic mass is 16.6. The summed E-state index contributed by atoms with van der Waals surface area (Å²) in [4.78, 5) is 32.7. The second kappa shape index (κ2) is 7.98. The first-order valence-electron chi connectivity index (χ1n) is 6.66. The van der Waals surface area contributed by atoms with Crippen LogP contribution in [-0.4, -0.2) is 27.9 Å². The number of benzene rings is 1. The molecular formula is C14H18N2O5. The molecule has 1 aromatic carbocycles. The predicted molar refractivity (Wildman–Crippen MR) is 75.9 cm³/mol. The number of nitro benzene ring substituents is 1. The number of amides is 1. The number of nitrogens with zero attached hydrogens (tertiary/aromatic N) is 1. The van der Waals surface area contributed by atoms with E-state index in [4.69, 9.17) is 5.11 Å². The van der Waals surface area contributed by atoms with Gasteiger partial charge in [0.1, 0.15) is 0 Å². The fraction of sp³-hybridized carbons (Fsp3) is 0.429. The lowest BCUT2D eigenvalue weighted by molar-refractivity contribution is -0.384. The predicted octanol–water partition coefficient (Wildman–Crippen LogP) is 1.90. The van der Waals surface area contributed by atoms with Crippen molar-refractivity contribution in [3.63, 3.8) is 0 Å². The van der Waals surface area contributed by atoms with Crippen LogP contribution in [0.2, 0.25) is 0 Å². The zero-order valence-electron chi connectivity index (χ0n) is 11.7. The molecule has 114 valence electrons. The molecule has 1 amide bonds. The Morgan fingerprint density at radius 3 is 2.71 bits per heavy atom. The Morgan fingerprint density at radius 1 is 1.43 bits per heavy atom. The van der Waals surface area contributed by atoms with Gasteiger partial charge in [-0.15, -0.1) is 0 Å². The van der Waals surface area contributed by atoms with Crippen molar-refractivity contribution in [2.45, 2.75) is 38.6 Å². The van der Waals surface area contributed by atoms with Crippen molar-refractivity contribution in [1.82, 2.24) is 5.32 Å². The third-order valence-corrected chi connectivity index (χ3v) is 2.91. The minimum atomic E-state index is -0.968. The van der Waals surface area contributed by atoms with Crippen LogP contribution in [-0.2, 0) is 16.0 Å². The van der Waals surface area contributed by atoms with Gasteiger partial charge in [-0.25, -0.2) is 0 Å². The van der Waals surface area contributed by atoms with E-state index in [-0.39, 0.29) is 24.4 Å². The maximum absolute atomic E-state index is 11.9. The Hall–Kier alpha value is -2.44. The molecule has 7 nitrogen and oxygen atoms in total. The molecule has 1 unspecified atom stereocenters. The summed E-state index contributed by atoms with van der Waals surface area (Å²) in [6, 6.07) is 5.41. The summed E-state index contributed by atoms with van der Waals surface area (Å²) >= 11 is 0. The number of nitrogens with one attached hydrogen (secondary N) is 1. The topological polar surface area (TPSA) is 110 Å². The summed E-state index contributed by atoms with van der Waals surface area (Å²) < 4.78 is 0. The Morgan fingerprint density at radius 2 is 2.14 bits per heavy atom. The van der Waals surface area contributed by atoms with E-state index < -0.39 is 16.9 Å². The molecule has 0 spiro atoms. The lowest BCUT2D eigenvalue weighted by atomic mass is 10.1. The number of carbonyl (C=O) groups excluding carboxylic acids is 1. The van der Waals surface area contributed by atoms with Crippen molar-refractivity contribution < 1.29 is 19.6 Å². The van der Waals surface area contributed by atoms with E-state index in [1.165, 1.54) is 18.2 Å². The van der Waals surface area contributed by atoms with E-state index in [2.05, 4.69) is 5.32 Å². The number of carboxylic acid groups (broad SMARTS) is 1. The lowest BCUT2D eigenvalue weighted by Crippen LogP contribution is -2.37. The van der Waals surface area contributed by atoms with Crippen LogP contribution in [0.1, 0.15) is 31.7 Å². The first-order valence-corrected chi connectivity index (χ1v) is 6.66. The van der Waals surface area contributed by atoms with Gasteiger partial charge in [-0.1, -0.05) is 25.5 Å². The van der Waals surface area contributed by atoms with Crippen LogP contribution in [0, 0.1) is 10.1 Å². The first kappa shape index (κ1) is 16.6. The van der Waals surface area contributed by atoms with Gasteiger partial charge in [0.05, 0.1) is 17.8 Å². The number of carboxylic acids is 1. The van der Waals surface area contributed by atoms with Crippen molar-refractivity contribution in [2.24, 2.45) is 0 Å². The van der Waals surface area contributed by atoms with Gasteiger partial charge in [0, 0.05) is 18.2 Å². The molecule has 21 heavy (non-hydrogen) atoms. The Balaban J connectivity index is 2.65. The molecule has 0 saturated heterocycles. The van der Waals surface area contributed by atoms with E-state index in [9.17, 15) is 19.7 Å². The Bertz CT molecular complexity index is 530. The van der Waals surface area contributed by atoms with Crippen LogP contribution >= 0.6 is 0 Å². The zero-order chi connectivity index (χ0) is 15.8.